The van der Waals surface area contributed by atoms with Gasteiger partial charge in [-0.05, 0) is 32.1 Å². The van der Waals surface area contributed by atoms with E-state index in [0.717, 1.165) is 38.5 Å². The zero-order valence-electron chi connectivity index (χ0n) is 51.1. The summed E-state index contributed by atoms with van der Waals surface area (Å²) in [6, 6.07) is -0.623. The van der Waals surface area contributed by atoms with E-state index in [2.05, 4.69) is 19.2 Å². The molecule has 0 spiro atoms. The maximum absolute atomic E-state index is 12.5. The molecule has 6 heteroatoms. The molecule has 75 heavy (non-hydrogen) atoms. The number of carbonyl (C=O) groups is 2. The van der Waals surface area contributed by atoms with E-state index >= 15 is 0 Å². The van der Waals surface area contributed by atoms with E-state index in [0.29, 0.717) is 19.4 Å². The molecule has 6 nitrogen and oxygen atoms in total. The van der Waals surface area contributed by atoms with Crippen molar-refractivity contribution in [3.05, 3.63) is 12.2 Å². The number of aliphatic hydroxyl groups is 2. The van der Waals surface area contributed by atoms with E-state index in [9.17, 15) is 19.8 Å². The van der Waals surface area contributed by atoms with E-state index in [4.69, 9.17) is 4.74 Å². The van der Waals surface area contributed by atoms with Crippen LogP contribution in [-0.4, -0.2) is 47.4 Å². The van der Waals surface area contributed by atoms with E-state index in [1.54, 1.807) is 6.08 Å². The van der Waals surface area contributed by atoms with Crippen LogP contribution in [0.1, 0.15) is 393 Å². The van der Waals surface area contributed by atoms with Crippen molar-refractivity contribution in [2.45, 2.75) is 405 Å². The van der Waals surface area contributed by atoms with Gasteiger partial charge in [-0.15, -0.1) is 0 Å². The van der Waals surface area contributed by atoms with Gasteiger partial charge in [0.15, 0.2) is 0 Å². The van der Waals surface area contributed by atoms with Crippen LogP contribution in [0, 0.1) is 0 Å². The number of allylic oxidation sites excluding steroid dienone is 1. The molecule has 0 aliphatic heterocycles. The summed E-state index contributed by atoms with van der Waals surface area (Å²) in [4.78, 5) is 24.5. The minimum absolute atomic E-state index is 0.0226. The molecule has 446 valence electrons. The lowest BCUT2D eigenvalue weighted by molar-refractivity contribution is -0.143. The first kappa shape index (κ1) is 73.6. The number of unbranched alkanes of at least 4 members (excludes halogenated alkanes) is 54. The minimum atomic E-state index is -0.840. The molecule has 0 aromatic rings. The van der Waals surface area contributed by atoms with Crippen molar-refractivity contribution in [3.8, 4) is 0 Å². The van der Waals surface area contributed by atoms with Gasteiger partial charge in [-0.25, -0.2) is 0 Å². The summed E-state index contributed by atoms with van der Waals surface area (Å²) in [5, 5.41) is 23.1. The van der Waals surface area contributed by atoms with Gasteiger partial charge >= 0.3 is 5.97 Å². The van der Waals surface area contributed by atoms with Crippen molar-refractivity contribution in [1.29, 1.82) is 0 Å². The third-order valence-electron chi connectivity index (χ3n) is 16.3. The van der Waals surface area contributed by atoms with Gasteiger partial charge in [0.1, 0.15) is 0 Å². The summed E-state index contributed by atoms with van der Waals surface area (Å²) in [7, 11) is 0. The molecule has 0 fully saturated rings. The summed E-state index contributed by atoms with van der Waals surface area (Å²) in [6.07, 6.45) is 80.1. The van der Waals surface area contributed by atoms with E-state index in [-0.39, 0.29) is 18.5 Å². The quantitative estimate of drug-likeness (QED) is 0.0320. The van der Waals surface area contributed by atoms with Gasteiger partial charge in [0.2, 0.25) is 5.91 Å². The van der Waals surface area contributed by atoms with Gasteiger partial charge in [0, 0.05) is 12.8 Å². The van der Waals surface area contributed by atoms with Crippen molar-refractivity contribution in [2.75, 3.05) is 13.2 Å². The van der Waals surface area contributed by atoms with Crippen LogP contribution in [0.3, 0.4) is 0 Å². The number of ether oxygens (including phenoxy) is 1. The van der Waals surface area contributed by atoms with Crippen molar-refractivity contribution in [1.82, 2.24) is 5.32 Å². The Labute approximate surface area is 469 Å². The van der Waals surface area contributed by atoms with Crippen molar-refractivity contribution >= 4 is 11.9 Å². The fraction of sp³-hybridized carbons (Fsp3) is 0.942. The van der Waals surface area contributed by atoms with Gasteiger partial charge < -0.3 is 20.3 Å². The summed E-state index contributed by atoms with van der Waals surface area (Å²) in [6.45, 7) is 4.94. The Morgan fingerprint density at radius 1 is 0.360 bits per heavy atom. The second-order valence-electron chi connectivity index (χ2n) is 23.9. The number of nitrogens with one attached hydrogen (secondary N) is 1. The van der Waals surface area contributed by atoms with Crippen LogP contribution < -0.4 is 5.32 Å². The molecular weight excluding hydrogens is 923 g/mol. The maximum atomic E-state index is 12.5. The molecule has 0 aliphatic carbocycles. The molecule has 0 radical (unpaired) electrons. The lowest BCUT2D eigenvalue weighted by Gasteiger charge is -2.20. The van der Waals surface area contributed by atoms with Gasteiger partial charge in [0.05, 0.1) is 25.4 Å². The van der Waals surface area contributed by atoms with Crippen LogP contribution in [0.4, 0.5) is 0 Å². The highest BCUT2D eigenvalue weighted by Crippen LogP contribution is 2.19. The number of carbonyl (C=O) groups excluding carboxylic acids is 2. The molecule has 0 aliphatic rings. The van der Waals surface area contributed by atoms with Gasteiger partial charge in [0.25, 0.3) is 0 Å². The molecule has 0 rings (SSSR count). The molecule has 2 unspecified atom stereocenters. The maximum Gasteiger partial charge on any atom is 0.305 e. The van der Waals surface area contributed by atoms with Gasteiger partial charge in [-0.2, -0.15) is 0 Å². The second kappa shape index (κ2) is 65.1. The summed E-state index contributed by atoms with van der Waals surface area (Å²) in [5.41, 5.74) is 0. The van der Waals surface area contributed by atoms with Crippen molar-refractivity contribution < 1.29 is 24.5 Å². The Morgan fingerprint density at radius 2 is 0.613 bits per heavy atom. The molecule has 0 aromatic carbocycles. The Kier molecular flexibility index (Phi) is 63.9. The first-order valence-corrected chi connectivity index (χ1v) is 34.5. The predicted octanol–water partition coefficient (Wildman–Crippen LogP) is 22.0. The highest BCUT2D eigenvalue weighted by molar-refractivity contribution is 5.76. The van der Waals surface area contributed by atoms with E-state index < -0.39 is 12.1 Å². The molecule has 3 N–H and O–H groups in total. The molecule has 0 heterocycles. The SMILES string of the molecule is CCCCCCCCCCCCCC/C=C/C(O)C(CO)NC(=O)CCCCCCCCCCCCCCCCCCCCCCCCCCCCCCCCCOC(=O)CCCCCCCCCCCCCCC. The van der Waals surface area contributed by atoms with Crippen molar-refractivity contribution in [2.24, 2.45) is 0 Å². The summed E-state index contributed by atoms with van der Waals surface area (Å²) >= 11 is 0. The van der Waals surface area contributed by atoms with Crippen LogP contribution in [0.25, 0.3) is 0 Å². The second-order valence-corrected chi connectivity index (χ2v) is 23.9. The molecule has 0 bridgehead atoms. The topological polar surface area (TPSA) is 95.9 Å². The molecule has 1 amide bonds. The Bertz CT molecular complexity index is 1130. The molecule has 0 saturated carbocycles. The first-order chi connectivity index (χ1) is 37.0. The van der Waals surface area contributed by atoms with Crippen LogP contribution in [-0.2, 0) is 14.3 Å². The molecule has 2 atom stereocenters. The Balaban J connectivity index is 3.32. The summed E-state index contributed by atoms with van der Waals surface area (Å²) < 4.78 is 5.49. The van der Waals surface area contributed by atoms with Gasteiger partial charge in [-0.1, -0.05) is 360 Å². The zero-order valence-corrected chi connectivity index (χ0v) is 51.1. The normalized spacial score (nSPS) is 12.5. The van der Waals surface area contributed by atoms with Gasteiger partial charge in [-0.3, -0.25) is 9.59 Å². The fourth-order valence-electron chi connectivity index (χ4n) is 11.1. The van der Waals surface area contributed by atoms with Crippen LogP contribution >= 0.6 is 0 Å². The molecule has 0 saturated heterocycles. The number of aliphatic hydroxyl groups excluding tert-OH is 2. The fourth-order valence-corrected chi connectivity index (χ4v) is 11.1. The number of rotatable bonds is 65. The van der Waals surface area contributed by atoms with Crippen LogP contribution in [0.5, 0.6) is 0 Å². The largest absolute Gasteiger partial charge is 0.466 e. The minimum Gasteiger partial charge on any atom is -0.466 e. The van der Waals surface area contributed by atoms with Crippen molar-refractivity contribution in [3.63, 3.8) is 0 Å². The lowest BCUT2D eigenvalue weighted by atomic mass is 10.0. The smallest absolute Gasteiger partial charge is 0.305 e. The van der Waals surface area contributed by atoms with Crippen LogP contribution in [0.2, 0.25) is 0 Å². The predicted molar refractivity (Wildman–Crippen MR) is 329 cm³/mol. The highest BCUT2D eigenvalue weighted by Gasteiger charge is 2.18. The number of hydrogen-bond donors (Lipinski definition) is 3. The average molecular weight is 1060 g/mol. The third kappa shape index (κ3) is 61.7. The Morgan fingerprint density at radius 3 is 0.907 bits per heavy atom. The summed E-state index contributed by atoms with van der Waals surface area (Å²) in [5.74, 6) is -0.0387. The Hall–Kier alpha value is -1.40. The number of amides is 1. The monoisotopic (exact) mass is 1060 g/mol. The standard InChI is InChI=1S/C69H135NO5/c1-3-5-7-9-11-13-15-17-38-41-45-49-53-57-61-67(72)66(65-71)70-68(73)62-58-54-50-46-42-39-35-33-31-29-27-25-23-21-19-18-20-22-24-26-28-30-32-34-36-40-44-48-52-56-60-64-75-69(74)63-59-55-51-47-43-37-16-14-12-10-8-6-4-2/h57,61,66-67,71-72H,3-56,58-60,62-65H2,1-2H3,(H,70,73)/b61-57+. The van der Waals surface area contributed by atoms with Crippen LogP contribution in [0.15, 0.2) is 12.2 Å². The molecular formula is C69H135NO5. The first-order valence-electron chi connectivity index (χ1n) is 34.5. The number of hydrogen-bond acceptors (Lipinski definition) is 5. The lowest BCUT2D eigenvalue weighted by Crippen LogP contribution is -2.45. The van der Waals surface area contributed by atoms with E-state index in [1.807, 2.05) is 6.08 Å². The third-order valence-corrected chi connectivity index (χ3v) is 16.3. The van der Waals surface area contributed by atoms with E-state index in [1.165, 1.54) is 327 Å². The zero-order chi connectivity index (χ0) is 54.3. The molecule has 0 aromatic heterocycles. The highest BCUT2D eigenvalue weighted by atomic mass is 16.5. The number of esters is 1. The average Bonchev–Trinajstić information content (AvgIpc) is 3.41.